The SMILES string of the molecule is CC1=CC(NC(=O)c2cc(S(=O)(=O)NCC3(C)COC3)cn2C)CC=C1F. The average Bonchev–Trinajstić information content (AvgIpc) is 2.97. The molecule has 0 radical (unpaired) electrons. The third kappa shape index (κ3) is 4.31. The van der Waals surface area contributed by atoms with E-state index >= 15 is 0 Å². The van der Waals surface area contributed by atoms with Crippen molar-refractivity contribution < 1.29 is 22.3 Å². The van der Waals surface area contributed by atoms with Gasteiger partial charge in [-0.05, 0) is 31.1 Å². The molecule has 0 bridgehead atoms. The van der Waals surface area contributed by atoms with Crippen molar-refractivity contribution in [1.29, 1.82) is 0 Å². The van der Waals surface area contributed by atoms with Gasteiger partial charge in [0, 0.05) is 25.2 Å². The van der Waals surface area contributed by atoms with Crippen LogP contribution in [0.1, 0.15) is 30.8 Å². The number of sulfonamides is 1. The second-order valence-corrected chi connectivity index (χ2v) is 9.28. The van der Waals surface area contributed by atoms with E-state index in [9.17, 15) is 17.6 Å². The summed E-state index contributed by atoms with van der Waals surface area (Å²) in [5, 5.41) is 2.79. The predicted octanol–water partition coefficient (Wildman–Crippen LogP) is 1.64. The van der Waals surface area contributed by atoms with Crippen LogP contribution in [-0.4, -0.2) is 44.7 Å². The molecule has 2 heterocycles. The highest BCUT2D eigenvalue weighted by Gasteiger charge is 2.35. The van der Waals surface area contributed by atoms with Crippen molar-refractivity contribution in [3.8, 4) is 0 Å². The van der Waals surface area contributed by atoms with Gasteiger partial charge in [0.05, 0.1) is 19.3 Å². The van der Waals surface area contributed by atoms with E-state index in [2.05, 4.69) is 10.0 Å². The fourth-order valence-electron chi connectivity index (χ4n) is 3.00. The molecule has 0 spiro atoms. The van der Waals surface area contributed by atoms with Crippen molar-refractivity contribution in [3.05, 3.63) is 41.5 Å². The number of allylic oxidation sites excluding steroid dienone is 2. The van der Waals surface area contributed by atoms with E-state index < -0.39 is 15.9 Å². The van der Waals surface area contributed by atoms with Gasteiger partial charge in [-0.3, -0.25) is 4.79 Å². The van der Waals surface area contributed by atoms with Gasteiger partial charge in [0.2, 0.25) is 10.0 Å². The van der Waals surface area contributed by atoms with Gasteiger partial charge in [-0.25, -0.2) is 17.5 Å². The molecule has 7 nitrogen and oxygen atoms in total. The molecule has 1 saturated heterocycles. The molecule has 1 fully saturated rings. The fraction of sp³-hybridized carbons (Fsp3) is 0.500. The summed E-state index contributed by atoms with van der Waals surface area (Å²) >= 11 is 0. The topological polar surface area (TPSA) is 89.4 Å². The second-order valence-electron chi connectivity index (χ2n) is 7.52. The van der Waals surface area contributed by atoms with Crippen LogP contribution in [0.2, 0.25) is 0 Å². The number of aromatic nitrogens is 1. The Morgan fingerprint density at radius 3 is 2.74 bits per heavy atom. The Morgan fingerprint density at radius 2 is 2.15 bits per heavy atom. The summed E-state index contributed by atoms with van der Waals surface area (Å²) in [6, 6.07) is 1.01. The summed E-state index contributed by atoms with van der Waals surface area (Å²) in [5.41, 5.74) is 0.491. The largest absolute Gasteiger partial charge is 0.380 e. The molecular formula is C18H24FN3O4S. The van der Waals surface area contributed by atoms with Crippen LogP contribution in [0.4, 0.5) is 4.39 Å². The Labute approximate surface area is 158 Å². The Bertz CT molecular complexity index is 913. The maximum atomic E-state index is 13.4. The molecular weight excluding hydrogens is 373 g/mol. The highest BCUT2D eigenvalue weighted by atomic mass is 32.2. The Hall–Kier alpha value is -1.97. The van der Waals surface area contributed by atoms with Crippen LogP contribution < -0.4 is 10.0 Å². The lowest BCUT2D eigenvalue weighted by Gasteiger charge is -2.37. The number of carbonyl (C=O) groups excluding carboxylic acids is 1. The molecule has 1 aliphatic heterocycles. The molecule has 1 unspecified atom stereocenters. The lowest BCUT2D eigenvalue weighted by molar-refractivity contribution is -0.0965. The van der Waals surface area contributed by atoms with Gasteiger partial charge in [-0.2, -0.15) is 0 Å². The van der Waals surface area contributed by atoms with E-state index in [0.717, 1.165) is 0 Å². The lowest BCUT2D eigenvalue weighted by Crippen LogP contribution is -2.48. The van der Waals surface area contributed by atoms with Crippen LogP contribution in [-0.2, 0) is 21.8 Å². The maximum absolute atomic E-state index is 13.4. The van der Waals surface area contributed by atoms with Crippen LogP contribution in [0.25, 0.3) is 0 Å². The van der Waals surface area contributed by atoms with Crippen molar-refractivity contribution in [2.24, 2.45) is 12.5 Å². The quantitative estimate of drug-likeness (QED) is 0.764. The molecule has 27 heavy (non-hydrogen) atoms. The van der Waals surface area contributed by atoms with E-state index in [1.54, 1.807) is 20.0 Å². The first-order valence-corrected chi connectivity index (χ1v) is 10.2. The van der Waals surface area contributed by atoms with Gasteiger partial charge in [0.25, 0.3) is 5.91 Å². The molecule has 1 amide bonds. The Kier molecular flexibility index (Phi) is 5.29. The first-order valence-electron chi connectivity index (χ1n) is 8.69. The van der Waals surface area contributed by atoms with E-state index in [4.69, 9.17) is 4.74 Å². The summed E-state index contributed by atoms with van der Waals surface area (Å²) in [6.45, 7) is 4.88. The highest BCUT2D eigenvalue weighted by molar-refractivity contribution is 7.89. The molecule has 1 aromatic heterocycles. The number of nitrogens with one attached hydrogen (secondary N) is 2. The minimum absolute atomic E-state index is 0.0281. The zero-order chi connectivity index (χ0) is 19.8. The highest BCUT2D eigenvalue weighted by Crippen LogP contribution is 2.26. The number of hydrogen-bond acceptors (Lipinski definition) is 4. The zero-order valence-corrected chi connectivity index (χ0v) is 16.4. The molecule has 2 N–H and O–H groups in total. The first kappa shape index (κ1) is 19.8. The lowest BCUT2D eigenvalue weighted by atomic mass is 9.89. The molecule has 1 aromatic rings. The average molecular weight is 397 g/mol. The number of carbonyl (C=O) groups is 1. The van der Waals surface area contributed by atoms with Crippen molar-refractivity contribution in [3.63, 3.8) is 0 Å². The van der Waals surface area contributed by atoms with Gasteiger partial charge < -0.3 is 14.6 Å². The minimum atomic E-state index is -3.73. The monoisotopic (exact) mass is 397 g/mol. The summed E-state index contributed by atoms with van der Waals surface area (Å²) in [5.74, 6) is -0.701. The Balaban J connectivity index is 1.69. The molecule has 9 heteroatoms. The van der Waals surface area contributed by atoms with Gasteiger partial charge in [0.15, 0.2) is 0 Å². The summed E-state index contributed by atoms with van der Waals surface area (Å²) in [7, 11) is -2.12. The van der Waals surface area contributed by atoms with E-state index in [1.165, 1.54) is 22.9 Å². The van der Waals surface area contributed by atoms with E-state index in [-0.39, 0.29) is 34.4 Å². The van der Waals surface area contributed by atoms with Crippen molar-refractivity contribution in [1.82, 2.24) is 14.6 Å². The molecule has 2 aliphatic rings. The summed E-state index contributed by atoms with van der Waals surface area (Å²) < 4.78 is 47.6. The normalized spacial score (nSPS) is 21.9. The zero-order valence-electron chi connectivity index (χ0n) is 15.6. The number of rotatable bonds is 6. The predicted molar refractivity (Wildman–Crippen MR) is 98.3 cm³/mol. The van der Waals surface area contributed by atoms with Crippen molar-refractivity contribution >= 4 is 15.9 Å². The molecule has 3 rings (SSSR count). The third-order valence-corrected chi connectivity index (χ3v) is 6.18. The minimum Gasteiger partial charge on any atom is -0.380 e. The number of halogens is 1. The van der Waals surface area contributed by atoms with Gasteiger partial charge in [0.1, 0.15) is 16.4 Å². The Morgan fingerprint density at radius 1 is 1.44 bits per heavy atom. The number of nitrogens with zero attached hydrogens (tertiary/aromatic N) is 1. The number of aryl methyl sites for hydroxylation is 1. The second kappa shape index (κ2) is 7.21. The van der Waals surface area contributed by atoms with Gasteiger partial charge >= 0.3 is 0 Å². The number of amides is 1. The van der Waals surface area contributed by atoms with Crippen molar-refractivity contribution in [2.75, 3.05) is 19.8 Å². The fourth-order valence-corrected chi connectivity index (χ4v) is 4.26. The number of hydrogen-bond donors (Lipinski definition) is 2. The van der Waals surface area contributed by atoms with Gasteiger partial charge in [-0.15, -0.1) is 0 Å². The van der Waals surface area contributed by atoms with Crippen LogP contribution in [0.15, 0.2) is 40.7 Å². The van der Waals surface area contributed by atoms with Crippen LogP contribution in [0.5, 0.6) is 0 Å². The molecule has 0 aromatic carbocycles. The van der Waals surface area contributed by atoms with E-state index in [1.807, 2.05) is 6.92 Å². The van der Waals surface area contributed by atoms with E-state index in [0.29, 0.717) is 25.2 Å². The van der Waals surface area contributed by atoms with Crippen LogP contribution in [0, 0.1) is 5.41 Å². The smallest absolute Gasteiger partial charge is 0.268 e. The summed E-state index contributed by atoms with van der Waals surface area (Å²) in [4.78, 5) is 12.6. The first-order chi connectivity index (χ1) is 12.6. The molecule has 1 aliphatic carbocycles. The standard InChI is InChI=1S/C18H24FN3O4S/c1-12-6-13(4-5-15(12)19)21-17(23)16-7-14(8-22(16)3)27(24,25)20-9-18(2)10-26-11-18/h5-8,13,20H,4,9-11H2,1-3H3,(H,21,23). The summed E-state index contributed by atoms with van der Waals surface area (Å²) in [6.07, 6.45) is 4.83. The molecule has 0 saturated carbocycles. The third-order valence-electron chi connectivity index (χ3n) is 4.81. The van der Waals surface area contributed by atoms with Crippen molar-refractivity contribution in [2.45, 2.75) is 31.2 Å². The number of ether oxygens (including phenoxy) is 1. The molecule has 1 atom stereocenters. The maximum Gasteiger partial charge on any atom is 0.268 e. The van der Waals surface area contributed by atoms with Crippen LogP contribution >= 0.6 is 0 Å². The van der Waals surface area contributed by atoms with Crippen LogP contribution in [0.3, 0.4) is 0 Å². The van der Waals surface area contributed by atoms with Gasteiger partial charge in [-0.1, -0.05) is 13.0 Å². The molecule has 148 valence electrons.